The Labute approximate surface area is 172 Å². The van der Waals surface area contributed by atoms with Crippen molar-refractivity contribution in [1.29, 1.82) is 0 Å². The maximum Gasteiger partial charge on any atom is 0.416 e. The van der Waals surface area contributed by atoms with Crippen molar-refractivity contribution in [1.82, 2.24) is 9.80 Å². The third kappa shape index (κ3) is 5.03. The molecule has 0 bridgehead atoms. The molecule has 2 aliphatic heterocycles. The Morgan fingerprint density at radius 1 is 1.13 bits per heavy atom. The van der Waals surface area contributed by atoms with Gasteiger partial charge in [-0.2, -0.15) is 13.2 Å². The molecule has 0 aliphatic carbocycles. The van der Waals surface area contributed by atoms with Crippen LogP contribution in [0.1, 0.15) is 37.7 Å². The number of hydrogen-bond donors (Lipinski definition) is 1. The minimum absolute atomic E-state index is 0.00839. The number of carbonyl (C=O) groups excluding carboxylic acids is 3. The van der Waals surface area contributed by atoms with Crippen LogP contribution in [0.2, 0.25) is 0 Å². The van der Waals surface area contributed by atoms with Crippen LogP contribution < -0.4 is 10.2 Å². The maximum atomic E-state index is 13.2. The standard InChI is InChI=1S/C20H25F3N4O3/c1-25-13-18(29)27(19(25)30)11-5-6-17(28)24-15-12-14(20(21,22)23)7-8-16(15)26-9-3-2-4-10-26/h7-8,12H,2-6,9-11,13H2,1H3,(H,24,28). The van der Waals surface area contributed by atoms with Crippen molar-refractivity contribution in [3.63, 3.8) is 0 Å². The van der Waals surface area contributed by atoms with Crippen molar-refractivity contribution in [2.75, 3.05) is 43.4 Å². The van der Waals surface area contributed by atoms with Crippen LogP contribution in [0.25, 0.3) is 0 Å². The van der Waals surface area contributed by atoms with Crippen molar-refractivity contribution >= 4 is 29.2 Å². The molecule has 0 spiro atoms. The van der Waals surface area contributed by atoms with Crippen LogP contribution in [0.15, 0.2) is 18.2 Å². The van der Waals surface area contributed by atoms with Crippen LogP contribution in [-0.4, -0.2) is 60.9 Å². The second-order valence-corrected chi connectivity index (χ2v) is 7.61. The van der Waals surface area contributed by atoms with Gasteiger partial charge < -0.3 is 15.1 Å². The van der Waals surface area contributed by atoms with E-state index in [-0.39, 0.29) is 37.5 Å². The Kier molecular flexibility index (Phi) is 6.52. The zero-order valence-electron chi connectivity index (χ0n) is 16.8. The third-order valence-corrected chi connectivity index (χ3v) is 5.31. The number of likely N-dealkylation sites (N-methyl/N-ethyl adjacent to an activating group) is 1. The van der Waals surface area contributed by atoms with Crippen molar-refractivity contribution in [2.45, 2.75) is 38.3 Å². The third-order valence-electron chi connectivity index (χ3n) is 5.31. The molecule has 0 atom stereocenters. The number of halogens is 3. The van der Waals surface area contributed by atoms with E-state index in [2.05, 4.69) is 5.32 Å². The fourth-order valence-corrected chi connectivity index (χ4v) is 3.72. The molecule has 0 radical (unpaired) electrons. The first-order valence-corrected chi connectivity index (χ1v) is 9.98. The summed E-state index contributed by atoms with van der Waals surface area (Å²) < 4.78 is 39.5. The molecular formula is C20H25F3N4O3. The first kappa shape index (κ1) is 21.9. The monoisotopic (exact) mass is 426 g/mol. The molecule has 3 rings (SSSR count). The van der Waals surface area contributed by atoms with Gasteiger partial charge in [0.2, 0.25) is 11.8 Å². The number of hydrogen-bond acceptors (Lipinski definition) is 4. The molecule has 1 aromatic carbocycles. The van der Waals surface area contributed by atoms with Crippen molar-refractivity contribution < 1.29 is 27.6 Å². The smallest absolute Gasteiger partial charge is 0.370 e. The zero-order chi connectivity index (χ0) is 21.9. The lowest BCUT2D eigenvalue weighted by atomic mass is 10.1. The first-order valence-electron chi connectivity index (χ1n) is 9.98. The number of piperidine rings is 1. The van der Waals surface area contributed by atoms with Gasteiger partial charge in [-0.15, -0.1) is 0 Å². The number of nitrogens with zero attached hydrogens (tertiary/aromatic N) is 3. The van der Waals surface area contributed by atoms with Gasteiger partial charge in [-0.1, -0.05) is 0 Å². The molecule has 2 aliphatic rings. The normalized spacial score (nSPS) is 17.7. The molecule has 30 heavy (non-hydrogen) atoms. The number of carbonyl (C=O) groups is 3. The zero-order valence-corrected chi connectivity index (χ0v) is 16.8. The Morgan fingerprint density at radius 2 is 1.83 bits per heavy atom. The summed E-state index contributed by atoms with van der Waals surface area (Å²) in [6.07, 6.45) is -1.34. The lowest BCUT2D eigenvalue weighted by molar-refractivity contribution is -0.137. The molecule has 1 aromatic rings. The van der Waals surface area contributed by atoms with E-state index in [1.807, 2.05) is 4.90 Å². The van der Waals surface area contributed by atoms with Crippen LogP contribution >= 0.6 is 0 Å². The van der Waals surface area contributed by atoms with Crippen LogP contribution in [-0.2, 0) is 15.8 Å². The van der Waals surface area contributed by atoms with Gasteiger partial charge in [0, 0.05) is 33.1 Å². The van der Waals surface area contributed by atoms with E-state index in [1.165, 1.54) is 18.0 Å². The molecular weight excluding hydrogens is 401 g/mol. The highest BCUT2D eigenvalue weighted by Crippen LogP contribution is 2.36. The molecule has 0 saturated carbocycles. The summed E-state index contributed by atoms with van der Waals surface area (Å²) in [6.45, 7) is 1.55. The van der Waals surface area contributed by atoms with Crippen LogP contribution in [0.4, 0.5) is 29.3 Å². The molecule has 164 valence electrons. The lowest BCUT2D eigenvalue weighted by Crippen LogP contribution is -2.33. The summed E-state index contributed by atoms with van der Waals surface area (Å²) in [5, 5.41) is 2.60. The Morgan fingerprint density at radius 3 is 2.43 bits per heavy atom. The largest absolute Gasteiger partial charge is 0.416 e. The summed E-state index contributed by atoms with van der Waals surface area (Å²) in [7, 11) is 1.52. The molecule has 0 aromatic heterocycles. The number of urea groups is 1. The minimum Gasteiger partial charge on any atom is -0.370 e. The average Bonchev–Trinajstić information content (AvgIpc) is 2.94. The Balaban J connectivity index is 1.66. The quantitative estimate of drug-likeness (QED) is 0.709. The first-order chi connectivity index (χ1) is 14.2. The summed E-state index contributed by atoms with van der Waals surface area (Å²) in [5.41, 5.74) is -0.123. The van der Waals surface area contributed by atoms with Crippen LogP contribution in [0.5, 0.6) is 0 Å². The van der Waals surface area contributed by atoms with Crippen molar-refractivity contribution in [3.8, 4) is 0 Å². The number of anilines is 2. The van der Waals surface area contributed by atoms with Gasteiger partial charge in [-0.25, -0.2) is 4.79 Å². The van der Waals surface area contributed by atoms with Gasteiger partial charge in [0.15, 0.2) is 0 Å². The van der Waals surface area contributed by atoms with E-state index in [4.69, 9.17) is 0 Å². The predicted molar refractivity (Wildman–Crippen MR) is 105 cm³/mol. The summed E-state index contributed by atoms with van der Waals surface area (Å²) in [5.74, 6) is -0.784. The second-order valence-electron chi connectivity index (χ2n) is 7.61. The Bertz CT molecular complexity index is 822. The number of imide groups is 1. The van der Waals surface area contributed by atoms with Crippen LogP contribution in [0.3, 0.4) is 0 Å². The van der Waals surface area contributed by atoms with E-state index in [0.29, 0.717) is 5.69 Å². The fraction of sp³-hybridized carbons (Fsp3) is 0.550. The summed E-state index contributed by atoms with van der Waals surface area (Å²) >= 11 is 0. The molecule has 4 amide bonds. The lowest BCUT2D eigenvalue weighted by Gasteiger charge is -2.31. The number of rotatable bonds is 6. The van der Waals surface area contributed by atoms with Crippen LogP contribution in [0, 0.1) is 0 Å². The number of nitrogens with one attached hydrogen (secondary N) is 1. The number of alkyl halides is 3. The highest BCUT2D eigenvalue weighted by Gasteiger charge is 2.33. The van der Waals surface area contributed by atoms with Gasteiger partial charge in [0.05, 0.1) is 16.9 Å². The Hall–Kier alpha value is -2.78. The van der Waals surface area contributed by atoms with Crippen molar-refractivity contribution in [2.24, 2.45) is 0 Å². The van der Waals surface area contributed by atoms with Gasteiger partial charge in [-0.3, -0.25) is 14.5 Å². The molecule has 2 saturated heterocycles. The predicted octanol–water partition coefficient (Wildman–Crippen LogP) is 3.31. The molecule has 2 fully saturated rings. The summed E-state index contributed by atoms with van der Waals surface area (Å²) in [6, 6.07) is 2.98. The van der Waals surface area contributed by atoms with Crippen molar-refractivity contribution in [3.05, 3.63) is 23.8 Å². The molecule has 2 heterocycles. The summed E-state index contributed by atoms with van der Waals surface area (Å²) in [4.78, 5) is 40.4. The minimum atomic E-state index is -4.51. The van der Waals surface area contributed by atoms with Gasteiger partial charge >= 0.3 is 12.2 Å². The van der Waals surface area contributed by atoms with E-state index in [1.54, 1.807) is 0 Å². The number of amides is 4. The number of benzene rings is 1. The van der Waals surface area contributed by atoms with E-state index < -0.39 is 23.7 Å². The highest BCUT2D eigenvalue weighted by molar-refractivity contribution is 6.02. The van der Waals surface area contributed by atoms with Gasteiger partial charge in [0.25, 0.3) is 0 Å². The average molecular weight is 426 g/mol. The van der Waals surface area contributed by atoms with Gasteiger partial charge in [-0.05, 0) is 43.9 Å². The van der Waals surface area contributed by atoms with E-state index >= 15 is 0 Å². The topological polar surface area (TPSA) is 73.0 Å². The fourth-order valence-electron chi connectivity index (χ4n) is 3.72. The highest BCUT2D eigenvalue weighted by atomic mass is 19.4. The van der Waals surface area contributed by atoms with Gasteiger partial charge in [0.1, 0.15) is 6.54 Å². The SMILES string of the molecule is CN1CC(=O)N(CCCC(=O)Nc2cc(C(F)(F)F)ccc2N2CCCCC2)C1=O. The second kappa shape index (κ2) is 8.93. The molecule has 0 unspecified atom stereocenters. The maximum absolute atomic E-state index is 13.2. The molecule has 10 heteroatoms. The van der Waals surface area contributed by atoms with E-state index in [9.17, 15) is 27.6 Å². The van der Waals surface area contributed by atoms with E-state index in [0.717, 1.165) is 49.4 Å². The molecule has 1 N–H and O–H groups in total. The molecule has 7 nitrogen and oxygen atoms in total.